The van der Waals surface area contributed by atoms with E-state index < -0.39 is 0 Å². The number of rotatable bonds is 4. The van der Waals surface area contributed by atoms with Gasteiger partial charge in [0.2, 0.25) is 0 Å². The Balaban J connectivity index is 1.59. The highest BCUT2D eigenvalue weighted by Crippen LogP contribution is 2.36. The molecule has 4 nitrogen and oxygen atoms in total. The molecule has 0 aliphatic carbocycles. The first-order valence-corrected chi connectivity index (χ1v) is 8.03. The average molecular weight is 299 g/mol. The molecule has 108 valence electrons. The number of benzene rings is 1. The van der Waals surface area contributed by atoms with E-state index in [9.17, 15) is 0 Å². The van der Waals surface area contributed by atoms with E-state index in [-0.39, 0.29) is 0 Å². The van der Waals surface area contributed by atoms with Crippen molar-refractivity contribution in [2.45, 2.75) is 18.4 Å². The largest absolute Gasteiger partial charge is 0.493 e. The highest BCUT2D eigenvalue weighted by molar-refractivity contribution is 7.15. The predicted molar refractivity (Wildman–Crippen MR) is 84.3 cm³/mol. The van der Waals surface area contributed by atoms with Gasteiger partial charge in [0.1, 0.15) is 5.75 Å². The zero-order valence-electron chi connectivity index (χ0n) is 11.8. The third-order valence-electron chi connectivity index (χ3n) is 4.17. The summed E-state index contributed by atoms with van der Waals surface area (Å²) in [6.45, 7) is 0.743. The van der Waals surface area contributed by atoms with Crippen LogP contribution in [-0.2, 0) is 6.42 Å². The van der Waals surface area contributed by atoms with Crippen LogP contribution in [0.5, 0.6) is 5.75 Å². The first-order chi connectivity index (χ1) is 10.3. The van der Waals surface area contributed by atoms with Crippen LogP contribution in [0.2, 0.25) is 0 Å². The van der Waals surface area contributed by atoms with E-state index in [1.54, 1.807) is 11.3 Å². The van der Waals surface area contributed by atoms with Gasteiger partial charge in [0, 0.05) is 41.7 Å². The van der Waals surface area contributed by atoms with Crippen LogP contribution >= 0.6 is 11.3 Å². The van der Waals surface area contributed by atoms with E-state index >= 15 is 0 Å². The average Bonchev–Trinajstić information content (AvgIpc) is 3.18. The van der Waals surface area contributed by atoms with Gasteiger partial charge in [-0.2, -0.15) is 0 Å². The fourth-order valence-corrected chi connectivity index (χ4v) is 3.78. The van der Waals surface area contributed by atoms with Crippen molar-refractivity contribution in [3.8, 4) is 5.75 Å². The summed E-state index contributed by atoms with van der Waals surface area (Å²) in [4.78, 5) is 5.75. The Labute approximate surface area is 127 Å². The van der Waals surface area contributed by atoms with E-state index in [4.69, 9.17) is 4.74 Å². The molecule has 21 heavy (non-hydrogen) atoms. The second kappa shape index (κ2) is 5.16. The molecule has 5 heteroatoms. The third kappa shape index (κ3) is 2.22. The molecular formula is C16H17N3OS. The van der Waals surface area contributed by atoms with Crippen LogP contribution in [0.15, 0.2) is 42.0 Å². The topological polar surface area (TPSA) is 38.6 Å². The Hall–Kier alpha value is -1.85. The minimum absolute atomic E-state index is 0.332. The van der Waals surface area contributed by atoms with Crippen molar-refractivity contribution >= 4 is 16.3 Å². The maximum atomic E-state index is 5.81. The Morgan fingerprint density at radius 2 is 2.38 bits per heavy atom. The predicted octanol–water partition coefficient (Wildman–Crippen LogP) is 2.70. The maximum Gasteiger partial charge on any atom is 0.193 e. The zero-order chi connectivity index (χ0) is 14.2. The van der Waals surface area contributed by atoms with Gasteiger partial charge in [-0.05, 0) is 13.1 Å². The van der Waals surface area contributed by atoms with Crippen LogP contribution in [0.25, 0.3) is 4.96 Å². The van der Waals surface area contributed by atoms with Crippen molar-refractivity contribution in [1.82, 2.24) is 14.7 Å². The van der Waals surface area contributed by atoms with E-state index in [2.05, 4.69) is 50.7 Å². The van der Waals surface area contributed by atoms with Crippen molar-refractivity contribution in [2.75, 3.05) is 13.7 Å². The van der Waals surface area contributed by atoms with Gasteiger partial charge in [-0.3, -0.25) is 4.40 Å². The minimum Gasteiger partial charge on any atom is -0.493 e. The molecule has 2 unspecified atom stereocenters. The lowest BCUT2D eigenvalue weighted by Crippen LogP contribution is -2.35. The fraction of sp³-hybridized carbons (Fsp3) is 0.312. The molecule has 0 radical (unpaired) electrons. The summed E-state index contributed by atoms with van der Waals surface area (Å²) in [6, 6.07) is 8.66. The molecule has 0 amide bonds. The standard InChI is InChI=1S/C16H17N3OS/c1-17-14(8-11-9-19-6-7-21-16(19)18-11)13-10-20-15-5-3-2-4-12(13)15/h2-7,9,13-14,17H,8,10H2,1H3. The van der Waals surface area contributed by atoms with E-state index in [1.165, 1.54) is 5.56 Å². The Morgan fingerprint density at radius 1 is 1.48 bits per heavy atom. The van der Waals surface area contributed by atoms with Crippen LogP contribution in [0.3, 0.4) is 0 Å². The number of nitrogens with zero attached hydrogens (tertiary/aromatic N) is 2. The number of hydrogen-bond donors (Lipinski definition) is 1. The van der Waals surface area contributed by atoms with Gasteiger partial charge in [0.05, 0.1) is 12.3 Å². The molecule has 1 aromatic carbocycles. The van der Waals surface area contributed by atoms with Crippen LogP contribution in [-0.4, -0.2) is 29.1 Å². The Kier molecular flexibility index (Phi) is 3.16. The first-order valence-electron chi connectivity index (χ1n) is 7.15. The lowest BCUT2D eigenvalue weighted by atomic mass is 9.90. The molecule has 4 rings (SSSR count). The molecular weight excluding hydrogens is 282 g/mol. The molecule has 1 N–H and O–H groups in total. The molecule has 1 aliphatic rings. The summed E-state index contributed by atoms with van der Waals surface area (Å²) >= 11 is 1.67. The number of imidazole rings is 1. The van der Waals surface area contributed by atoms with Gasteiger partial charge >= 0.3 is 0 Å². The fourth-order valence-electron chi connectivity index (χ4n) is 3.07. The molecule has 0 saturated carbocycles. The Morgan fingerprint density at radius 3 is 3.24 bits per heavy atom. The second-order valence-electron chi connectivity index (χ2n) is 5.38. The summed E-state index contributed by atoms with van der Waals surface area (Å²) in [5.74, 6) is 1.40. The summed E-state index contributed by atoms with van der Waals surface area (Å²) in [5.41, 5.74) is 2.43. The van der Waals surface area contributed by atoms with Crippen molar-refractivity contribution < 1.29 is 4.74 Å². The van der Waals surface area contributed by atoms with Crippen LogP contribution in [0, 0.1) is 0 Å². The van der Waals surface area contributed by atoms with E-state index in [0.717, 1.165) is 29.4 Å². The van der Waals surface area contributed by atoms with Crippen molar-refractivity contribution in [2.24, 2.45) is 0 Å². The molecule has 0 fully saturated rings. The molecule has 0 bridgehead atoms. The number of nitrogens with one attached hydrogen (secondary N) is 1. The SMILES string of the molecule is CNC(Cc1cn2ccsc2n1)C1COc2ccccc21. The van der Waals surface area contributed by atoms with Crippen LogP contribution in [0.1, 0.15) is 17.2 Å². The number of aromatic nitrogens is 2. The minimum atomic E-state index is 0.332. The molecule has 3 heterocycles. The normalized spacial score (nSPS) is 18.6. The molecule has 0 spiro atoms. The van der Waals surface area contributed by atoms with Gasteiger partial charge in [-0.1, -0.05) is 18.2 Å². The lowest BCUT2D eigenvalue weighted by Gasteiger charge is -2.21. The summed E-state index contributed by atoms with van der Waals surface area (Å²) < 4.78 is 7.90. The van der Waals surface area contributed by atoms with E-state index in [0.29, 0.717) is 12.0 Å². The molecule has 2 aromatic heterocycles. The zero-order valence-corrected chi connectivity index (χ0v) is 12.6. The van der Waals surface area contributed by atoms with Crippen LogP contribution in [0.4, 0.5) is 0 Å². The monoisotopic (exact) mass is 299 g/mol. The number of para-hydroxylation sites is 1. The summed E-state index contributed by atoms with van der Waals surface area (Å²) in [7, 11) is 2.02. The highest BCUT2D eigenvalue weighted by atomic mass is 32.1. The van der Waals surface area contributed by atoms with Gasteiger partial charge in [0.15, 0.2) is 4.96 Å². The molecule has 2 atom stereocenters. The first kappa shape index (κ1) is 12.9. The van der Waals surface area contributed by atoms with Crippen LogP contribution < -0.4 is 10.1 Å². The Bertz CT molecular complexity index is 735. The number of thiazole rings is 1. The van der Waals surface area contributed by atoms with Gasteiger partial charge < -0.3 is 10.1 Å². The maximum absolute atomic E-state index is 5.81. The molecule has 1 aliphatic heterocycles. The van der Waals surface area contributed by atoms with E-state index in [1.807, 2.05) is 13.1 Å². The molecule has 3 aromatic rings. The summed E-state index contributed by atoms with van der Waals surface area (Å²) in [6.07, 6.45) is 5.09. The number of fused-ring (bicyclic) bond motifs is 2. The van der Waals surface area contributed by atoms with Crippen molar-refractivity contribution in [3.63, 3.8) is 0 Å². The second-order valence-corrected chi connectivity index (χ2v) is 6.25. The number of likely N-dealkylation sites (N-methyl/N-ethyl adjacent to an activating group) is 1. The van der Waals surface area contributed by atoms with Gasteiger partial charge in [0.25, 0.3) is 0 Å². The third-order valence-corrected chi connectivity index (χ3v) is 4.94. The highest BCUT2D eigenvalue weighted by Gasteiger charge is 2.30. The van der Waals surface area contributed by atoms with Gasteiger partial charge in [-0.25, -0.2) is 4.98 Å². The van der Waals surface area contributed by atoms with Crippen molar-refractivity contribution in [1.29, 1.82) is 0 Å². The number of ether oxygens (including phenoxy) is 1. The quantitative estimate of drug-likeness (QED) is 0.805. The van der Waals surface area contributed by atoms with Gasteiger partial charge in [-0.15, -0.1) is 11.3 Å². The summed E-state index contributed by atoms with van der Waals surface area (Å²) in [5, 5.41) is 5.50. The van der Waals surface area contributed by atoms with Crippen molar-refractivity contribution in [3.05, 3.63) is 53.3 Å². The lowest BCUT2D eigenvalue weighted by molar-refractivity contribution is 0.301. The molecule has 0 saturated heterocycles. The number of hydrogen-bond acceptors (Lipinski definition) is 4. The smallest absolute Gasteiger partial charge is 0.193 e.